The summed E-state index contributed by atoms with van der Waals surface area (Å²) in [5.41, 5.74) is 0.928. The number of benzene rings is 2. The van der Waals surface area contributed by atoms with Crippen molar-refractivity contribution < 1.29 is 4.79 Å². The Morgan fingerprint density at radius 3 is 2.47 bits per heavy atom. The fourth-order valence-electron chi connectivity index (χ4n) is 1.45. The summed E-state index contributed by atoms with van der Waals surface area (Å²) < 4.78 is 0.663. The molecule has 2 aromatic carbocycles. The molecule has 0 atom stereocenters. The van der Waals surface area contributed by atoms with Crippen LogP contribution >= 0.6 is 50.7 Å². The van der Waals surface area contributed by atoms with E-state index in [0.717, 1.165) is 0 Å². The first-order valence-electron chi connectivity index (χ1n) is 5.19. The summed E-state index contributed by atoms with van der Waals surface area (Å²) in [6.45, 7) is 0. The number of amides is 1. The molecular weight excluding hydrogens is 372 g/mol. The van der Waals surface area contributed by atoms with E-state index in [1.54, 1.807) is 36.4 Å². The van der Waals surface area contributed by atoms with Gasteiger partial charge >= 0.3 is 0 Å². The minimum atomic E-state index is -0.315. The highest BCUT2D eigenvalue weighted by Gasteiger charge is 2.12. The number of halogens is 4. The summed E-state index contributed by atoms with van der Waals surface area (Å²) in [6.07, 6.45) is 0. The van der Waals surface area contributed by atoms with Crippen molar-refractivity contribution in [3.63, 3.8) is 0 Å². The van der Waals surface area contributed by atoms with Gasteiger partial charge in [-0.1, -0.05) is 40.9 Å². The van der Waals surface area contributed by atoms with E-state index < -0.39 is 0 Å². The number of hydrogen-bond donors (Lipinski definition) is 1. The SMILES string of the molecule is O=C(Nc1ccc(Cl)c(Cl)c1)c1cccc(Br)c1Cl. The maximum absolute atomic E-state index is 12.1. The summed E-state index contributed by atoms with van der Waals surface area (Å²) in [7, 11) is 0. The Balaban J connectivity index is 2.26. The van der Waals surface area contributed by atoms with Gasteiger partial charge in [-0.15, -0.1) is 0 Å². The molecule has 2 rings (SSSR count). The van der Waals surface area contributed by atoms with Crippen LogP contribution in [0.4, 0.5) is 5.69 Å². The molecule has 1 N–H and O–H groups in total. The molecule has 0 spiro atoms. The van der Waals surface area contributed by atoms with Crippen molar-refractivity contribution in [1.82, 2.24) is 0 Å². The Kier molecular flexibility index (Phi) is 4.74. The Bertz CT molecular complexity index is 646. The molecular formula is C13H7BrCl3NO. The molecule has 98 valence electrons. The summed E-state index contributed by atoms with van der Waals surface area (Å²) in [5, 5.41) is 3.87. The van der Waals surface area contributed by atoms with E-state index in [1.165, 1.54) is 0 Å². The van der Waals surface area contributed by atoms with Crippen LogP contribution in [0.5, 0.6) is 0 Å². The van der Waals surface area contributed by atoms with E-state index in [4.69, 9.17) is 34.8 Å². The number of carbonyl (C=O) groups excluding carboxylic acids is 1. The van der Waals surface area contributed by atoms with E-state index in [-0.39, 0.29) is 5.91 Å². The lowest BCUT2D eigenvalue weighted by molar-refractivity contribution is 0.102. The van der Waals surface area contributed by atoms with Gasteiger partial charge in [-0.25, -0.2) is 0 Å². The Morgan fingerprint density at radius 2 is 1.79 bits per heavy atom. The number of hydrogen-bond acceptors (Lipinski definition) is 1. The van der Waals surface area contributed by atoms with Crippen LogP contribution in [-0.4, -0.2) is 5.91 Å². The van der Waals surface area contributed by atoms with Crippen LogP contribution in [0.15, 0.2) is 40.9 Å². The van der Waals surface area contributed by atoms with E-state index in [0.29, 0.717) is 30.8 Å². The molecule has 6 heteroatoms. The molecule has 2 nitrogen and oxygen atoms in total. The maximum atomic E-state index is 12.1. The molecule has 1 amide bonds. The molecule has 0 fully saturated rings. The minimum Gasteiger partial charge on any atom is -0.322 e. The quantitative estimate of drug-likeness (QED) is 0.716. The molecule has 0 aliphatic carbocycles. The largest absolute Gasteiger partial charge is 0.322 e. The van der Waals surface area contributed by atoms with Gasteiger partial charge in [0.05, 0.1) is 20.6 Å². The van der Waals surface area contributed by atoms with Crippen molar-refractivity contribution in [3.05, 3.63) is 61.5 Å². The second kappa shape index (κ2) is 6.14. The van der Waals surface area contributed by atoms with Gasteiger partial charge in [0.15, 0.2) is 0 Å². The van der Waals surface area contributed by atoms with Gasteiger partial charge in [0.1, 0.15) is 0 Å². The number of nitrogens with one attached hydrogen (secondary N) is 1. The van der Waals surface area contributed by atoms with Crippen LogP contribution in [0.1, 0.15) is 10.4 Å². The minimum absolute atomic E-state index is 0.315. The Hall–Kier alpha value is -0.740. The first-order chi connectivity index (χ1) is 8.99. The average Bonchev–Trinajstić information content (AvgIpc) is 2.37. The van der Waals surface area contributed by atoms with Gasteiger partial charge in [-0.2, -0.15) is 0 Å². The monoisotopic (exact) mass is 377 g/mol. The van der Waals surface area contributed by atoms with Gasteiger partial charge in [-0.3, -0.25) is 4.79 Å². The van der Waals surface area contributed by atoms with Crippen molar-refractivity contribution in [3.8, 4) is 0 Å². The zero-order chi connectivity index (χ0) is 14.0. The standard InChI is InChI=1S/C13H7BrCl3NO/c14-9-3-1-2-8(12(9)17)13(19)18-7-4-5-10(15)11(16)6-7/h1-6H,(H,18,19). The molecule has 0 saturated heterocycles. The van der Waals surface area contributed by atoms with Crippen LogP contribution in [-0.2, 0) is 0 Å². The van der Waals surface area contributed by atoms with Crippen molar-refractivity contribution >= 4 is 62.3 Å². The van der Waals surface area contributed by atoms with E-state index >= 15 is 0 Å². The molecule has 0 aliphatic rings. The fourth-order valence-corrected chi connectivity index (χ4v) is 2.33. The summed E-state index contributed by atoms with van der Waals surface area (Å²) in [4.78, 5) is 12.1. The summed E-state index contributed by atoms with van der Waals surface area (Å²) in [5.74, 6) is -0.315. The summed E-state index contributed by atoms with van der Waals surface area (Å²) in [6, 6.07) is 9.99. The normalized spacial score (nSPS) is 10.3. The van der Waals surface area contributed by atoms with E-state index in [1.807, 2.05) is 0 Å². The number of anilines is 1. The molecule has 2 aromatic rings. The van der Waals surface area contributed by atoms with Crippen molar-refractivity contribution in [2.45, 2.75) is 0 Å². The highest BCUT2D eigenvalue weighted by atomic mass is 79.9. The highest BCUT2D eigenvalue weighted by Crippen LogP contribution is 2.28. The lowest BCUT2D eigenvalue weighted by Crippen LogP contribution is -2.12. The van der Waals surface area contributed by atoms with Crippen molar-refractivity contribution in [1.29, 1.82) is 0 Å². The van der Waals surface area contributed by atoms with Crippen LogP contribution in [0.2, 0.25) is 15.1 Å². The zero-order valence-electron chi connectivity index (χ0n) is 9.38. The topological polar surface area (TPSA) is 29.1 Å². The molecule has 0 aromatic heterocycles. The molecule has 0 unspecified atom stereocenters. The Morgan fingerprint density at radius 1 is 1.05 bits per heavy atom. The first-order valence-corrected chi connectivity index (χ1v) is 7.12. The van der Waals surface area contributed by atoms with Crippen LogP contribution in [0, 0.1) is 0 Å². The van der Waals surface area contributed by atoms with Crippen LogP contribution in [0.25, 0.3) is 0 Å². The lowest BCUT2D eigenvalue weighted by Gasteiger charge is -2.08. The first kappa shape index (κ1) is 14.7. The van der Waals surface area contributed by atoms with Crippen molar-refractivity contribution in [2.24, 2.45) is 0 Å². The molecule has 0 saturated carbocycles. The molecule has 19 heavy (non-hydrogen) atoms. The summed E-state index contributed by atoms with van der Waals surface area (Å²) >= 11 is 21.0. The van der Waals surface area contributed by atoms with Gasteiger partial charge < -0.3 is 5.32 Å². The molecule has 0 aliphatic heterocycles. The third-order valence-corrected chi connectivity index (χ3v) is 4.41. The lowest BCUT2D eigenvalue weighted by atomic mass is 10.2. The fraction of sp³-hybridized carbons (Fsp3) is 0. The number of carbonyl (C=O) groups is 1. The zero-order valence-corrected chi connectivity index (χ0v) is 13.2. The van der Waals surface area contributed by atoms with Crippen LogP contribution in [0.3, 0.4) is 0 Å². The second-order valence-corrected chi connectivity index (χ2v) is 5.73. The predicted octanol–water partition coefficient (Wildman–Crippen LogP) is 5.66. The Labute approximate surface area is 133 Å². The van der Waals surface area contributed by atoms with Gasteiger partial charge in [-0.05, 0) is 46.3 Å². The highest BCUT2D eigenvalue weighted by molar-refractivity contribution is 9.10. The smallest absolute Gasteiger partial charge is 0.257 e. The maximum Gasteiger partial charge on any atom is 0.257 e. The number of rotatable bonds is 2. The van der Waals surface area contributed by atoms with Crippen LogP contribution < -0.4 is 5.32 Å². The van der Waals surface area contributed by atoms with Gasteiger partial charge in [0, 0.05) is 10.2 Å². The second-order valence-electron chi connectivity index (χ2n) is 3.68. The molecule has 0 radical (unpaired) electrons. The average molecular weight is 379 g/mol. The van der Waals surface area contributed by atoms with Crippen molar-refractivity contribution in [2.75, 3.05) is 5.32 Å². The van der Waals surface area contributed by atoms with E-state index in [2.05, 4.69) is 21.2 Å². The molecule has 0 heterocycles. The van der Waals surface area contributed by atoms with Gasteiger partial charge in [0.25, 0.3) is 5.91 Å². The third-order valence-electron chi connectivity index (χ3n) is 2.37. The third kappa shape index (κ3) is 3.42. The van der Waals surface area contributed by atoms with E-state index in [9.17, 15) is 4.79 Å². The predicted molar refractivity (Wildman–Crippen MR) is 83.6 cm³/mol. The molecule has 0 bridgehead atoms. The van der Waals surface area contributed by atoms with Gasteiger partial charge in [0.2, 0.25) is 0 Å².